The van der Waals surface area contributed by atoms with Crippen LogP contribution in [0, 0.1) is 0 Å². The lowest BCUT2D eigenvalue weighted by Gasteiger charge is -2.00. The number of imidazole rings is 1. The number of nitrogens with one attached hydrogen (secondary N) is 1. The summed E-state index contributed by atoms with van der Waals surface area (Å²) in [7, 11) is 0. The number of halogens is 1. The summed E-state index contributed by atoms with van der Waals surface area (Å²) in [6, 6.07) is 7.69. The normalized spacial score (nSPS) is 10.7. The van der Waals surface area contributed by atoms with Crippen molar-refractivity contribution in [1.82, 2.24) is 9.97 Å². The van der Waals surface area contributed by atoms with Gasteiger partial charge in [-0.05, 0) is 18.6 Å². The Labute approximate surface area is 99.7 Å². The number of hydrogen-bond donors (Lipinski definition) is 2. The SMILES string of the molecule is CCc1[nH]c(CN)nc1-c1cccc(Cl)c1. The minimum absolute atomic E-state index is 0.424. The predicted octanol–water partition coefficient (Wildman–Crippen LogP) is 2.75. The molecule has 0 saturated heterocycles. The van der Waals surface area contributed by atoms with Crippen molar-refractivity contribution >= 4 is 11.6 Å². The van der Waals surface area contributed by atoms with Crippen LogP contribution < -0.4 is 5.73 Å². The number of benzene rings is 1. The highest BCUT2D eigenvalue weighted by Gasteiger charge is 2.10. The topological polar surface area (TPSA) is 54.7 Å². The van der Waals surface area contributed by atoms with E-state index in [9.17, 15) is 0 Å². The first-order valence-electron chi connectivity index (χ1n) is 5.28. The van der Waals surface area contributed by atoms with Crippen LogP contribution in [-0.4, -0.2) is 9.97 Å². The third-order valence-corrected chi connectivity index (χ3v) is 2.71. The van der Waals surface area contributed by atoms with Gasteiger partial charge >= 0.3 is 0 Å². The number of hydrogen-bond acceptors (Lipinski definition) is 2. The maximum Gasteiger partial charge on any atom is 0.120 e. The lowest BCUT2D eigenvalue weighted by molar-refractivity contribution is 0.932. The number of aromatic amines is 1. The van der Waals surface area contributed by atoms with Crippen molar-refractivity contribution in [3.8, 4) is 11.3 Å². The highest BCUT2D eigenvalue weighted by Crippen LogP contribution is 2.24. The number of aryl methyl sites for hydroxylation is 1. The molecule has 1 aromatic heterocycles. The van der Waals surface area contributed by atoms with Crippen LogP contribution >= 0.6 is 11.6 Å². The van der Waals surface area contributed by atoms with E-state index in [1.54, 1.807) is 0 Å². The molecule has 1 aromatic carbocycles. The summed E-state index contributed by atoms with van der Waals surface area (Å²) in [5.41, 5.74) is 8.65. The van der Waals surface area contributed by atoms with Crippen molar-refractivity contribution in [2.75, 3.05) is 0 Å². The number of nitrogens with two attached hydrogens (primary N) is 1. The van der Waals surface area contributed by atoms with Crippen LogP contribution in [0.2, 0.25) is 5.02 Å². The Bertz CT molecular complexity index is 491. The Morgan fingerprint density at radius 2 is 2.25 bits per heavy atom. The fourth-order valence-corrected chi connectivity index (χ4v) is 1.88. The standard InChI is InChI=1S/C12H14ClN3/c1-2-10-12(16-11(7-14)15-10)8-4-3-5-9(13)6-8/h3-6H,2,7,14H2,1H3,(H,15,16). The molecule has 3 nitrogen and oxygen atoms in total. The predicted molar refractivity (Wildman–Crippen MR) is 66.3 cm³/mol. The number of H-pyrrole nitrogens is 1. The van der Waals surface area contributed by atoms with Gasteiger partial charge in [0.1, 0.15) is 5.82 Å². The summed E-state index contributed by atoms with van der Waals surface area (Å²) < 4.78 is 0. The molecule has 0 aliphatic rings. The molecule has 0 saturated carbocycles. The second-order valence-corrected chi connectivity index (χ2v) is 4.02. The second kappa shape index (κ2) is 4.68. The van der Waals surface area contributed by atoms with Crippen molar-refractivity contribution in [3.63, 3.8) is 0 Å². The zero-order valence-electron chi connectivity index (χ0n) is 9.13. The molecule has 16 heavy (non-hydrogen) atoms. The van der Waals surface area contributed by atoms with E-state index in [1.807, 2.05) is 24.3 Å². The van der Waals surface area contributed by atoms with Gasteiger partial charge < -0.3 is 10.7 Å². The van der Waals surface area contributed by atoms with Gasteiger partial charge in [-0.15, -0.1) is 0 Å². The van der Waals surface area contributed by atoms with Gasteiger partial charge in [0, 0.05) is 16.3 Å². The van der Waals surface area contributed by atoms with Gasteiger partial charge in [-0.1, -0.05) is 30.7 Å². The molecule has 0 atom stereocenters. The summed E-state index contributed by atoms with van der Waals surface area (Å²) in [6.07, 6.45) is 0.898. The van der Waals surface area contributed by atoms with Crippen molar-refractivity contribution in [3.05, 3.63) is 40.8 Å². The van der Waals surface area contributed by atoms with Crippen LogP contribution in [0.1, 0.15) is 18.4 Å². The van der Waals surface area contributed by atoms with Crippen molar-refractivity contribution in [2.24, 2.45) is 5.73 Å². The highest BCUT2D eigenvalue weighted by molar-refractivity contribution is 6.30. The molecule has 2 aromatic rings. The van der Waals surface area contributed by atoms with E-state index in [2.05, 4.69) is 16.9 Å². The summed E-state index contributed by atoms with van der Waals surface area (Å²) >= 11 is 5.97. The fraction of sp³-hybridized carbons (Fsp3) is 0.250. The first kappa shape index (κ1) is 11.2. The molecule has 0 aliphatic heterocycles. The summed E-state index contributed by atoms with van der Waals surface area (Å²) in [4.78, 5) is 7.69. The molecular formula is C12H14ClN3. The molecule has 2 rings (SSSR count). The van der Waals surface area contributed by atoms with E-state index < -0.39 is 0 Å². The number of nitrogens with zero attached hydrogens (tertiary/aromatic N) is 1. The zero-order chi connectivity index (χ0) is 11.5. The Morgan fingerprint density at radius 1 is 1.44 bits per heavy atom. The minimum Gasteiger partial charge on any atom is -0.344 e. The minimum atomic E-state index is 0.424. The number of aromatic nitrogens is 2. The first-order valence-corrected chi connectivity index (χ1v) is 5.66. The van der Waals surface area contributed by atoms with E-state index in [0.29, 0.717) is 6.54 Å². The molecule has 1 heterocycles. The summed E-state index contributed by atoms with van der Waals surface area (Å²) in [5, 5.41) is 0.719. The maximum atomic E-state index is 5.97. The fourth-order valence-electron chi connectivity index (χ4n) is 1.69. The van der Waals surface area contributed by atoms with Crippen LogP contribution in [-0.2, 0) is 13.0 Å². The molecule has 0 spiro atoms. The smallest absolute Gasteiger partial charge is 0.120 e. The zero-order valence-corrected chi connectivity index (χ0v) is 9.88. The van der Waals surface area contributed by atoms with E-state index in [0.717, 1.165) is 34.2 Å². The van der Waals surface area contributed by atoms with Crippen LogP contribution in [0.3, 0.4) is 0 Å². The third kappa shape index (κ3) is 2.10. The van der Waals surface area contributed by atoms with E-state index in [4.69, 9.17) is 17.3 Å². The Hall–Kier alpha value is -1.32. The van der Waals surface area contributed by atoms with Crippen LogP contribution in [0.15, 0.2) is 24.3 Å². The average molecular weight is 236 g/mol. The lowest BCUT2D eigenvalue weighted by Crippen LogP contribution is -1.98. The third-order valence-electron chi connectivity index (χ3n) is 2.47. The monoisotopic (exact) mass is 235 g/mol. The van der Waals surface area contributed by atoms with E-state index >= 15 is 0 Å². The average Bonchev–Trinajstić information content (AvgIpc) is 2.72. The first-order chi connectivity index (χ1) is 7.74. The molecule has 0 bridgehead atoms. The maximum absolute atomic E-state index is 5.97. The quantitative estimate of drug-likeness (QED) is 0.860. The Morgan fingerprint density at radius 3 is 2.88 bits per heavy atom. The van der Waals surface area contributed by atoms with Crippen LogP contribution in [0.25, 0.3) is 11.3 Å². The van der Waals surface area contributed by atoms with E-state index in [1.165, 1.54) is 0 Å². The largest absolute Gasteiger partial charge is 0.344 e. The van der Waals surface area contributed by atoms with Crippen molar-refractivity contribution < 1.29 is 0 Å². The second-order valence-electron chi connectivity index (χ2n) is 3.58. The van der Waals surface area contributed by atoms with Gasteiger partial charge in [-0.2, -0.15) is 0 Å². The van der Waals surface area contributed by atoms with Gasteiger partial charge in [0.05, 0.1) is 12.2 Å². The van der Waals surface area contributed by atoms with Gasteiger partial charge in [0.2, 0.25) is 0 Å². The molecule has 0 amide bonds. The molecule has 3 N–H and O–H groups in total. The van der Waals surface area contributed by atoms with Gasteiger partial charge in [-0.3, -0.25) is 0 Å². The van der Waals surface area contributed by atoms with Crippen molar-refractivity contribution in [2.45, 2.75) is 19.9 Å². The molecule has 0 radical (unpaired) electrons. The van der Waals surface area contributed by atoms with Gasteiger partial charge in [0.25, 0.3) is 0 Å². The van der Waals surface area contributed by atoms with E-state index in [-0.39, 0.29) is 0 Å². The highest BCUT2D eigenvalue weighted by atomic mass is 35.5. The lowest BCUT2D eigenvalue weighted by atomic mass is 10.1. The van der Waals surface area contributed by atoms with Crippen LogP contribution in [0.4, 0.5) is 0 Å². The molecular weight excluding hydrogens is 222 g/mol. The summed E-state index contributed by atoms with van der Waals surface area (Å²) in [6.45, 7) is 2.51. The number of rotatable bonds is 3. The van der Waals surface area contributed by atoms with Crippen LogP contribution in [0.5, 0.6) is 0 Å². The van der Waals surface area contributed by atoms with Gasteiger partial charge in [0.15, 0.2) is 0 Å². The molecule has 0 unspecified atom stereocenters. The van der Waals surface area contributed by atoms with Gasteiger partial charge in [-0.25, -0.2) is 4.98 Å². The molecule has 4 heteroatoms. The molecule has 0 aliphatic carbocycles. The Kier molecular flexibility index (Phi) is 3.27. The molecule has 0 fully saturated rings. The Balaban J connectivity index is 2.50. The van der Waals surface area contributed by atoms with Crippen molar-refractivity contribution in [1.29, 1.82) is 0 Å². The molecule has 84 valence electrons. The summed E-state index contributed by atoms with van der Waals surface area (Å²) in [5.74, 6) is 0.812.